The molecule has 0 saturated heterocycles. The van der Waals surface area contributed by atoms with Gasteiger partial charge in [0.15, 0.2) is 0 Å². The van der Waals surface area contributed by atoms with Gasteiger partial charge in [-0.2, -0.15) is 0 Å². The van der Waals surface area contributed by atoms with Crippen molar-refractivity contribution in [1.29, 1.82) is 0 Å². The molecule has 1 aromatic carbocycles. The lowest BCUT2D eigenvalue weighted by molar-refractivity contribution is 0.102. The molecule has 0 bridgehead atoms. The molecule has 2 rings (SSSR count). The van der Waals surface area contributed by atoms with Crippen molar-refractivity contribution in [3.8, 4) is 5.88 Å². The number of nitrogens with one attached hydrogen (secondary N) is 1. The summed E-state index contributed by atoms with van der Waals surface area (Å²) in [6.07, 6.45) is 1.62. The summed E-state index contributed by atoms with van der Waals surface area (Å²) in [7, 11) is 0. The third kappa shape index (κ3) is 4.04. The molecular weight excluding hydrogens is 332 g/mol. The minimum Gasteiger partial charge on any atom is -0.473 e. The monoisotopic (exact) mass is 348 g/mol. The average Bonchev–Trinajstić information content (AvgIpc) is 2.43. The van der Waals surface area contributed by atoms with Gasteiger partial charge in [-0.1, -0.05) is 22.0 Å². The van der Waals surface area contributed by atoms with E-state index in [4.69, 9.17) is 4.74 Å². The molecule has 0 atom stereocenters. The Morgan fingerprint density at radius 3 is 2.76 bits per heavy atom. The zero-order valence-electron chi connectivity index (χ0n) is 12.2. The summed E-state index contributed by atoms with van der Waals surface area (Å²) in [5.74, 6) is 0.226. The smallest absolute Gasteiger partial charge is 0.255 e. The van der Waals surface area contributed by atoms with E-state index >= 15 is 0 Å². The van der Waals surface area contributed by atoms with Crippen LogP contribution < -0.4 is 10.1 Å². The van der Waals surface area contributed by atoms with Gasteiger partial charge in [0.05, 0.1) is 6.10 Å². The summed E-state index contributed by atoms with van der Waals surface area (Å²) in [6.45, 7) is 5.80. The number of nitrogens with zero attached hydrogens (tertiary/aromatic N) is 1. The lowest BCUT2D eigenvalue weighted by Crippen LogP contribution is -2.15. The van der Waals surface area contributed by atoms with Gasteiger partial charge in [-0.25, -0.2) is 4.98 Å². The van der Waals surface area contributed by atoms with E-state index in [9.17, 15) is 4.79 Å². The summed E-state index contributed by atoms with van der Waals surface area (Å²) >= 11 is 3.43. The Labute approximate surface area is 132 Å². The Morgan fingerprint density at radius 2 is 2.10 bits per heavy atom. The molecule has 1 amide bonds. The predicted molar refractivity (Wildman–Crippen MR) is 86.8 cm³/mol. The SMILES string of the molecule is Cc1ccc(C(=O)Nc2cccnc2OC(C)C)cc1Br. The van der Waals surface area contributed by atoms with Gasteiger partial charge in [-0.3, -0.25) is 4.79 Å². The van der Waals surface area contributed by atoms with E-state index in [1.807, 2.05) is 26.8 Å². The molecule has 0 aliphatic heterocycles. The number of amides is 1. The molecule has 0 saturated carbocycles. The zero-order chi connectivity index (χ0) is 15.4. The average molecular weight is 349 g/mol. The number of carbonyl (C=O) groups excluding carboxylic acids is 1. The van der Waals surface area contributed by atoms with Gasteiger partial charge < -0.3 is 10.1 Å². The number of benzene rings is 1. The number of ether oxygens (including phenoxy) is 1. The van der Waals surface area contributed by atoms with E-state index in [-0.39, 0.29) is 12.0 Å². The molecule has 1 heterocycles. The summed E-state index contributed by atoms with van der Waals surface area (Å²) in [4.78, 5) is 16.5. The van der Waals surface area contributed by atoms with Crippen LogP contribution in [-0.4, -0.2) is 17.0 Å². The van der Waals surface area contributed by atoms with Crippen LogP contribution in [0.2, 0.25) is 0 Å². The first kappa shape index (κ1) is 15.5. The molecule has 1 aromatic heterocycles. The van der Waals surface area contributed by atoms with Crippen molar-refractivity contribution in [2.75, 3.05) is 5.32 Å². The highest BCUT2D eigenvalue weighted by Crippen LogP contribution is 2.23. The molecule has 5 heteroatoms. The maximum absolute atomic E-state index is 12.3. The highest BCUT2D eigenvalue weighted by Gasteiger charge is 2.12. The van der Waals surface area contributed by atoms with Crippen LogP contribution in [0.5, 0.6) is 5.88 Å². The first-order valence-corrected chi connectivity index (χ1v) is 7.46. The molecular formula is C16H17BrN2O2. The van der Waals surface area contributed by atoms with Crippen molar-refractivity contribution in [2.45, 2.75) is 26.9 Å². The predicted octanol–water partition coefficient (Wildman–Crippen LogP) is 4.19. The lowest BCUT2D eigenvalue weighted by atomic mass is 10.1. The van der Waals surface area contributed by atoms with Gasteiger partial charge in [0.1, 0.15) is 5.69 Å². The highest BCUT2D eigenvalue weighted by atomic mass is 79.9. The fraction of sp³-hybridized carbons (Fsp3) is 0.250. The fourth-order valence-electron chi connectivity index (χ4n) is 1.73. The third-order valence-corrected chi connectivity index (χ3v) is 3.66. The maximum atomic E-state index is 12.3. The lowest BCUT2D eigenvalue weighted by Gasteiger charge is -2.13. The molecule has 21 heavy (non-hydrogen) atoms. The number of rotatable bonds is 4. The minimum atomic E-state index is -0.197. The highest BCUT2D eigenvalue weighted by molar-refractivity contribution is 9.10. The Hall–Kier alpha value is -1.88. The molecule has 0 fully saturated rings. The van der Waals surface area contributed by atoms with E-state index in [0.717, 1.165) is 10.0 Å². The fourth-order valence-corrected chi connectivity index (χ4v) is 2.11. The standard InChI is InChI=1S/C16H17BrN2O2/c1-10(2)21-16-14(5-4-8-18-16)19-15(20)12-7-6-11(3)13(17)9-12/h4-10H,1-3H3,(H,19,20). The van der Waals surface area contributed by atoms with Crippen LogP contribution >= 0.6 is 15.9 Å². The van der Waals surface area contributed by atoms with Crippen LogP contribution in [0.15, 0.2) is 41.0 Å². The number of aryl methyl sites for hydroxylation is 1. The van der Waals surface area contributed by atoms with E-state index in [0.29, 0.717) is 17.1 Å². The van der Waals surface area contributed by atoms with E-state index < -0.39 is 0 Å². The Bertz CT molecular complexity index is 656. The van der Waals surface area contributed by atoms with Crippen LogP contribution in [0.1, 0.15) is 29.8 Å². The second kappa shape index (κ2) is 6.72. The molecule has 4 nitrogen and oxygen atoms in total. The summed E-state index contributed by atoms with van der Waals surface area (Å²) in [5.41, 5.74) is 2.22. The third-order valence-electron chi connectivity index (χ3n) is 2.80. The van der Waals surface area contributed by atoms with Crippen LogP contribution in [-0.2, 0) is 0 Å². The van der Waals surface area contributed by atoms with Gasteiger partial charge in [0.25, 0.3) is 5.91 Å². The normalized spacial score (nSPS) is 10.5. The second-order valence-corrected chi connectivity index (χ2v) is 5.80. The second-order valence-electron chi connectivity index (χ2n) is 4.94. The van der Waals surface area contributed by atoms with Gasteiger partial charge >= 0.3 is 0 Å². The molecule has 110 valence electrons. The van der Waals surface area contributed by atoms with Gasteiger partial charge in [0, 0.05) is 16.2 Å². The first-order valence-electron chi connectivity index (χ1n) is 6.66. The minimum absolute atomic E-state index is 0.0101. The van der Waals surface area contributed by atoms with Crippen molar-refractivity contribution < 1.29 is 9.53 Å². The van der Waals surface area contributed by atoms with Crippen molar-refractivity contribution in [3.63, 3.8) is 0 Å². The summed E-state index contributed by atoms with van der Waals surface area (Å²) < 4.78 is 6.49. The number of pyridine rings is 1. The quantitative estimate of drug-likeness (QED) is 0.900. The molecule has 0 aliphatic carbocycles. The number of carbonyl (C=O) groups is 1. The largest absolute Gasteiger partial charge is 0.473 e. The molecule has 0 unspecified atom stereocenters. The van der Waals surface area contributed by atoms with Crippen molar-refractivity contribution in [2.24, 2.45) is 0 Å². The van der Waals surface area contributed by atoms with Gasteiger partial charge in [0.2, 0.25) is 5.88 Å². The molecule has 1 N–H and O–H groups in total. The zero-order valence-corrected chi connectivity index (χ0v) is 13.8. The maximum Gasteiger partial charge on any atom is 0.255 e. The molecule has 0 aliphatic rings. The molecule has 0 radical (unpaired) electrons. The number of hydrogen-bond donors (Lipinski definition) is 1. The summed E-state index contributed by atoms with van der Waals surface area (Å²) in [5, 5.41) is 2.83. The van der Waals surface area contributed by atoms with Crippen LogP contribution in [0.3, 0.4) is 0 Å². The first-order chi connectivity index (χ1) is 9.97. The number of anilines is 1. The van der Waals surface area contributed by atoms with Crippen molar-refractivity contribution in [3.05, 3.63) is 52.1 Å². The Balaban J connectivity index is 2.21. The van der Waals surface area contributed by atoms with Crippen LogP contribution in [0.4, 0.5) is 5.69 Å². The topological polar surface area (TPSA) is 51.2 Å². The number of hydrogen-bond acceptors (Lipinski definition) is 3. The number of aromatic nitrogens is 1. The van der Waals surface area contributed by atoms with Gasteiger partial charge in [-0.05, 0) is 50.6 Å². The van der Waals surface area contributed by atoms with Crippen LogP contribution in [0, 0.1) is 6.92 Å². The molecule has 2 aromatic rings. The Morgan fingerprint density at radius 1 is 1.33 bits per heavy atom. The van der Waals surface area contributed by atoms with E-state index in [1.165, 1.54) is 0 Å². The number of halogens is 1. The van der Waals surface area contributed by atoms with Crippen molar-refractivity contribution >= 4 is 27.5 Å². The van der Waals surface area contributed by atoms with Crippen molar-refractivity contribution in [1.82, 2.24) is 4.98 Å². The summed E-state index contributed by atoms with van der Waals surface area (Å²) in [6, 6.07) is 9.01. The van der Waals surface area contributed by atoms with E-state index in [2.05, 4.69) is 26.2 Å². The Kier molecular flexibility index (Phi) is 4.96. The van der Waals surface area contributed by atoms with Crippen LogP contribution in [0.25, 0.3) is 0 Å². The van der Waals surface area contributed by atoms with E-state index in [1.54, 1.807) is 30.5 Å². The van der Waals surface area contributed by atoms with Gasteiger partial charge in [-0.15, -0.1) is 0 Å². The molecule has 0 spiro atoms.